The van der Waals surface area contributed by atoms with Crippen LogP contribution in [0, 0.1) is 12.7 Å². The van der Waals surface area contributed by atoms with Crippen molar-refractivity contribution in [3.05, 3.63) is 40.8 Å². The first kappa shape index (κ1) is 12.1. The molecule has 0 bridgehead atoms. The third-order valence-electron chi connectivity index (χ3n) is 3.66. The fourth-order valence-electron chi connectivity index (χ4n) is 2.58. The minimum atomic E-state index is -0.277. The van der Waals surface area contributed by atoms with Crippen molar-refractivity contribution in [1.29, 1.82) is 0 Å². The Labute approximate surface area is 111 Å². The van der Waals surface area contributed by atoms with Crippen molar-refractivity contribution in [2.45, 2.75) is 32.6 Å². The number of aromatic nitrogens is 2. The standard InChI is InChI=1S/C15H16FN3/c1-9-6-7-10(16)8-12(9)15-18-13-5-3-2-4-11(13)14(17)19-15/h6-8H,2-5H2,1H3,(H2,17,18,19). The average molecular weight is 257 g/mol. The lowest BCUT2D eigenvalue weighted by Crippen LogP contribution is -2.12. The van der Waals surface area contributed by atoms with Crippen LogP contribution >= 0.6 is 0 Å². The van der Waals surface area contributed by atoms with E-state index in [0.29, 0.717) is 11.6 Å². The molecule has 0 radical (unpaired) electrons. The van der Waals surface area contributed by atoms with E-state index in [2.05, 4.69) is 9.97 Å². The number of nitrogens with two attached hydrogens (primary N) is 1. The van der Waals surface area contributed by atoms with Crippen LogP contribution in [0.25, 0.3) is 11.4 Å². The molecule has 3 nitrogen and oxygen atoms in total. The zero-order chi connectivity index (χ0) is 13.4. The Hall–Kier alpha value is -1.97. The van der Waals surface area contributed by atoms with Gasteiger partial charge in [-0.3, -0.25) is 0 Å². The van der Waals surface area contributed by atoms with Crippen molar-refractivity contribution in [2.75, 3.05) is 5.73 Å². The largest absolute Gasteiger partial charge is 0.383 e. The van der Waals surface area contributed by atoms with E-state index in [-0.39, 0.29) is 5.82 Å². The quantitative estimate of drug-likeness (QED) is 0.854. The Bertz CT molecular complexity index is 638. The average Bonchev–Trinajstić information content (AvgIpc) is 2.41. The Balaban J connectivity index is 2.15. The molecular formula is C15H16FN3. The highest BCUT2D eigenvalue weighted by molar-refractivity contribution is 5.62. The van der Waals surface area contributed by atoms with Gasteiger partial charge in [0.1, 0.15) is 11.6 Å². The van der Waals surface area contributed by atoms with E-state index in [1.165, 1.54) is 12.1 Å². The minimum absolute atomic E-state index is 0.277. The number of hydrogen-bond acceptors (Lipinski definition) is 3. The Morgan fingerprint density at radius 1 is 1.16 bits per heavy atom. The highest BCUT2D eigenvalue weighted by Gasteiger charge is 2.17. The first-order valence-electron chi connectivity index (χ1n) is 6.57. The molecule has 2 N–H and O–H groups in total. The van der Waals surface area contributed by atoms with Gasteiger partial charge in [0, 0.05) is 16.8 Å². The van der Waals surface area contributed by atoms with E-state index in [9.17, 15) is 4.39 Å². The van der Waals surface area contributed by atoms with Crippen LogP contribution < -0.4 is 5.73 Å². The molecule has 0 atom stereocenters. The lowest BCUT2D eigenvalue weighted by Gasteiger charge is -2.17. The molecule has 0 unspecified atom stereocenters. The predicted octanol–water partition coefficient (Wildman–Crippen LogP) is 3.05. The zero-order valence-electron chi connectivity index (χ0n) is 10.9. The molecule has 1 heterocycles. The summed E-state index contributed by atoms with van der Waals surface area (Å²) in [5, 5.41) is 0. The highest BCUT2D eigenvalue weighted by Crippen LogP contribution is 2.28. The second-order valence-electron chi connectivity index (χ2n) is 5.02. The van der Waals surface area contributed by atoms with E-state index < -0.39 is 0 Å². The molecule has 0 amide bonds. The summed E-state index contributed by atoms with van der Waals surface area (Å²) in [4.78, 5) is 8.95. The molecule has 98 valence electrons. The highest BCUT2D eigenvalue weighted by atomic mass is 19.1. The van der Waals surface area contributed by atoms with Gasteiger partial charge in [0.05, 0.1) is 0 Å². The van der Waals surface area contributed by atoms with Crippen LogP contribution in [0.3, 0.4) is 0 Å². The topological polar surface area (TPSA) is 51.8 Å². The number of benzene rings is 1. The lowest BCUT2D eigenvalue weighted by molar-refractivity contribution is 0.627. The van der Waals surface area contributed by atoms with E-state index in [1.807, 2.05) is 6.92 Å². The van der Waals surface area contributed by atoms with Gasteiger partial charge < -0.3 is 5.73 Å². The third kappa shape index (κ3) is 2.18. The van der Waals surface area contributed by atoms with Crippen LogP contribution in [-0.2, 0) is 12.8 Å². The van der Waals surface area contributed by atoms with Crippen LogP contribution in [0.4, 0.5) is 10.2 Å². The number of hydrogen-bond donors (Lipinski definition) is 1. The molecule has 0 aliphatic heterocycles. The number of rotatable bonds is 1. The molecule has 1 aromatic heterocycles. The van der Waals surface area contributed by atoms with Gasteiger partial charge in [0.25, 0.3) is 0 Å². The number of aryl methyl sites for hydroxylation is 2. The number of halogens is 1. The fraction of sp³-hybridized carbons (Fsp3) is 0.333. The van der Waals surface area contributed by atoms with Gasteiger partial charge in [-0.15, -0.1) is 0 Å². The molecule has 1 aromatic carbocycles. The first-order chi connectivity index (χ1) is 9.15. The maximum atomic E-state index is 13.4. The maximum Gasteiger partial charge on any atom is 0.162 e. The minimum Gasteiger partial charge on any atom is -0.383 e. The van der Waals surface area contributed by atoms with Crippen molar-refractivity contribution >= 4 is 5.82 Å². The van der Waals surface area contributed by atoms with Crippen molar-refractivity contribution in [3.8, 4) is 11.4 Å². The van der Waals surface area contributed by atoms with Gasteiger partial charge in [-0.2, -0.15) is 0 Å². The van der Waals surface area contributed by atoms with Crippen molar-refractivity contribution in [3.63, 3.8) is 0 Å². The summed E-state index contributed by atoms with van der Waals surface area (Å²) in [6, 6.07) is 4.66. The van der Waals surface area contributed by atoms with Gasteiger partial charge in [-0.25, -0.2) is 14.4 Å². The van der Waals surface area contributed by atoms with Crippen LogP contribution in [0.5, 0.6) is 0 Å². The number of nitrogens with zero attached hydrogens (tertiary/aromatic N) is 2. The third-order valence-corrected chi connectivity index (χ3v) is 3.66. The monoisotopic (exact) mass is 257 g/mol. The van der Waals surface area contributed by atoms with Gasteiger partial charge >= 0.3 is 0 Å². The SMILES string of the molecule is Cc1ccc(F)cc1-c1nc(N)c2c(n1)CCCC2. The summed E-state index contributed by atoms with van der Waals surface area (Å²) in [6.07, 6.45) is 4.15. The summed E-state index contributed by atoms with van der Waals surface area (Å²) < 4.78 is 13.4. The maximum absolute atomic E-state index is 13.4. The van der Waals surface area contributed by atoms with Gasteiger partial charge in [0.2, 0.25) is 0 Å². The van der Waals surface area contributed by atoms with Crippen LogP contribution in [0.2, 0.25) is 0 Å². The molecule has 0 spiro atoms. The van der Waals surface area contributed by atoms with E-state index in [4.69, 9.17) is 5.73 Å². The zero-order valence-corrected chi connectivity index (χ0v) is 10.9. The van der Waals surface area contributed by atoms with Gasteiger partial charge in [-0.1, -0.05) is 6.07 Å². The molecular weight excluding hydrogens is 241 g/mol. The van der Waals surface area contributed by atoms with Crippen LogP contribution in [-0.4, -0.2) is 9.97 Å². The van der Waals surface area contributed by atoms with Crippen LogP contribution in [0.1, 0.15) is 29.7 Å². The molecule has 0 saturated carbocycles. The molecule has 19 heavy (non-hydrogen) atoms. The normalized spacial score (nSPS) is 14.2. The second-order valence-corrected chi connectivity index (χ2v) is 5.02. The summed E-state index contributed by atoms with van der Waals surface area (Å²) in [5.74, 6) is 0.805. The van der Waals surface area contributed by atoms with Gasteiger partial charge in [-0.05, 0) is 50.3 Å². The lowest BCUT2D eigenvalue weighted by atomic mass is 9.96. The van der Waals surface area contributed by atoms with Crippen LogP contribution in [0.15, 0.2) is 18.2 Å². The molecule has 0 fully saturated rings. The predicted molar refractivity (Wildman–Crippen MR) is 73.2 cm³/mol. The molecule has 2 aromatic rings. The van der Waals surface area contributed by atoms with E-state index in [1.54, 1.807) is 6.07 Å². The molecule has 1 aliphatic rings. The summed E-state index contributed by atoms with van der Waals surface area (Å²) in [6.45, 7) is 1.92. The first-order valence-corrected chi connectivity index (χ1v) is 6.57. The van der Waals surface area contributed by atoms with Gasteiger partial charge in [0.15, 0.2) is 5.82 Å². The van der Waals surface area contributed by atoms with Crippen molar-refractivity contribution < 1.29 is 4.39 Å². The summed E-state index contributed by atoms with van der Waals surface area (Å²) in [5.41, 5.74) is 9.80. The van der Waals surface area contributed by atoms with E-state index in [0.717, 1.165) is 48.1 Å². The second kappa shape index (κ2) is 4.61. The summed E-state index contributed by atoms with van der Waals surface area (Å²) >= 11 is 0. The Morgan fingerprint density at radius 3 is 2.79 bits per heavy atom. The molecule has 0 saturated heterocycles. The number of nitrogen functional groups attached to an aromatic ring is 1. The van der Waals surface area contributed by atoms with Crippen molar-refractivity contribution in [1.82, 2.24) is 9.97 Å². The van der Waals surface area contributed by atoms with Crippen molar-refractivity contribution in [2.24, 2.45) is 0 Å². The Kier molecular flexibility index (Phi) is 2.93. The smallest absolute Gasteiger partial charge is 0.162 e. The van der Waals surface area contributed by atoms with E-state index >= 15 is 0 Å². The molecule has 4 heteroatoms. The Morgan fingerprint density at radius 2 is 1.95 bits per heavy atom. The summed E-state index contributed by atoms with van der Waals surface area (Å²) in [7, 11) is 0. The molecule has 1 aliphatic carbocycles. The fourth-order valence-corrected chi connectivity index (χ4v) is 2.58. The molecule has 3 rings (SSSR count). The number of anilines is 1. The number of fused-ring (bicyclic) bond motifs is 1.